The van der Waals surface area contributed by atoms with Gasteiger partial charge in [-0.2, -0.15) is 0 Å². The largest absolute Gasteiger partial charge is 0.391 e. The summed E-state index contributed by atoms with van der Waals surface area (Å²) in [6.45, 7) is 3.34. The van der Waals surface area contributed by atoms with Crippen molar-refractivity contribution in [3.05, 3.63) is 45.7 Å². The van der Waals surface area contributed by atoms with Crippen molar-refractivity contribution in [1.82, 2.24) is 10.6 Å². The summed E-state index contributed by atoms with van der Waals surface area (Å²) < 4.78 is 1.13. The van der Waals surface area contributed by atoms with E-state index in [0.29, 0.717) is 5.92 Å². The van der Waals surface area contributed by atoms with E-state index < -0.39 is 0 Å². The van der Waals surface area contributed by atoms with Gasteiger partial charge in [0.25, 0.3) is 0 Å². The Kier molecular flexibility index (Phi) is 6.87. The quantitative estimate of drug-likeness (QED) is 0.718. The molecule has 22 heavy (non-hydrogen) atoms. The molecule has 3 rings (SSSR count). The lowest BCUT2D eigenvalue weighted by Gasteiger charge is -2.13. The number of aliphatic hydroxyl groups excluding tert-OH is 1. The smallest absolute Gasteiger partial charge is 0.0716 e. The number of benzene rings is 1. The zero-order chi connectivity index (χ0) is 14.7. The van der Waals surface area contributed by atoms with E-state index in [-0.39, 0.29) is 18.5 Å². The van der Waals surface area contributed by atoms with Crippen molar-refractivity contribution in [2.75, 3.05) is 19.6 Å². The molecule has 2 atom stereocenters. The zero-order valence-corrected chi connectivity index (χ0v) is 15.3. The molecule has 0 saturated carbocycles. The van der Waals surface area contributed by atoms with E-state index in [1.807, 2.05) is 17.4 Å². The highest BCUT2D eigenvalue weighted by atomic mass is 79.9. The number of aliphatic hydroxyl groups is 1. The van der Waals surface area contributed by atoms with Crippen molar-refractivity contribution in [3.63, 3.8) is 0 Å². The van der Waals surface area contributed by atoms with Gasteiger partial charge in [-0.05, 0) is 18.2 Å². The van der Waals surface area contributed by atoms with Crippen LogP contribution in [0.25, 0.3) is 10.4 Å². The molecule has 2 unspecified atom stereocenters. The van der Waals surface area contributed by atoms with E-state index in [2.05, 4.69) is 56.9 Å². The summed E-state index contributed by atoms with van der Waals surface area (Å²) in [7, 11) is 0. The molecular weight excluding hydrogens is 384 g/mol. The van der Waals surface area contributed by atoms with Gasteiger partial charge in [-0.1, -0.05) is 34.1 Å². The molecule has 2 heterocycles. The standard InChI is InChI=1S/C16H19BrN2OS.ClH/c17-14-4-2-1-3-13(14)16-6-5-12(21-16)9-18-7-11-8-19-10-15(11)20;/h1-6,11,15,18-20H,7-10H2;1H. The maximum absolute atomic E-state index is 9.76. The number of rotatable bonds is 5. The first-order valence-corrected chi connectivity index (χ1v) is 8.78. The predicted molar refractivity (Wildman–Crippen MR) is 98.8 cm³/mol. The highest BCUT2D eigenvalue weighted by Gasteiger charge is 2.24. The molecule has 0 amide bonds. The van der Waals surface area contributed by atoms with Gasteiger partial charge < -0.3 is 15.7 Å². The number of hydrogen-bond donors (Lipinski definition) is 3. The summed E-state index contributed by atoms with van der Waals surface area (Å²) in [6, 6.07) is 12.6. The average molecular weight is 404 g/mol. The molecule has 120 valence electrons. The third-order valence-electron chi connectivity index (χ3n) is 3.81. The van der Waals surface area contributed by atoms with E-state index in [1.54, 1.807) is 0 Å². The molecule has 6 heteroatoms. The van der Waals surface area contributed by atoms with Gasteiger partial charge in [0.2, 0.25) is 0 Å². The van der Waals surface area contributed by atoms with Crippen molar-refractivity contribution in [1.29, 1.82) is 0 Å². The lowest BCUT2D eigenvalue weighted by molar-refractivity contribution is 0.146. The zero-order valence-electron chi connectivity index (χ0n) is 12.1. The molecule has 1 aromatic heterocycles. The van der Waals surface area contributed by atoms with Gasteiger partial charge in [0.05, 0.1) is 6.10 Å². The van der Waals surface area contributed by atoms with Gasteiger partial charge in [-0.15, -0.1) is 23.7 Å². The fraction of sp³-hybridized carbons (Fsp3) is 0.375. The second-order valence-corrected chi connectivity index (χ2v) is 7.39. The lowest BCUT2D eigenvalue weighted by atomic mass is 10.1. The van der Waals surface area contributed by atoms with Gasteiger partial charge >= 0.3 is 0 Å². The second-order valence-electron chi connectivity index (χ2n) is 5.36. The van der Waals surface area contributed by atoms with Crippen LogP contribution < -0.4 is 10.6 Å². The van der Waals surface area contributed by atoms with Crippen LogP contribution in [0.3, 0.4) is 0 Å². The highest BCUT2D eigenvalue weighted by molar-refractivity contribution is 9.10. The SMILES string of the molecule is Cl.OC1CNCC1CNCc1ccc(-c2ccccc2Br)s1. The lowest BCUT2D eigenvalue weighted by Crippen LogP contribution is -2.29. The third kappa shape index (κ3) is 4.31. The Morgan fingerprint density at radius 1 is 1.23 bits per heavy atom. The monoisotopic (exact) mass is 402 g/mol. The van der Waals surface area contributed by atoms with Crippen LogP contribution in [0.15, 0.2) is 40.9 Å². The predicted octanol–water partition coefficient (Wildman–Crippen LogP) is 3.27. The molecule has 1 aromatic carbocycles. The Morgan fingerprint density at radius 3 is 2.77 bits per heavy atom. The Bertz CT molecular complexity index is 607. The number of β-amino-alcohol motifs (C(OH)–C–C–N with tert-alkyl or cyclic N) is 1. The first-order chi connectivity index (χ1) is 10.2. The molecule has 0 bridgehead atoms. The summed E-state index contributed by atoms with van der Waals surface area (Å²) in [6.07, 6.45) is -0.211. The summed E-state index contributed by atoms with van der Waals surface area (Å²) in [5, 5.41) is 16.4. The fourth-order valence-electron chi connectivity index (χ4n) is 2.59. The summed E-state index contributed by atoms with van der Waals surface area (Å²) in [4.78, 5) is 2.60. The first-order valence-electron chi connectivity index (χ1n) is 7.17. The topological polar surface area (TPSA) is 44.3 Å². The van der Waals surface area contributed by atoms with Crippen LogP contribution in [0, 0.1) is 5.92 Å². The van der Waals surface area contributed by atoms with Crippen LogP contribution >= 0.6 is 39.7 Å². The Labute approximate surface area is 149 Å². The minimum absolute atomic E-state index is 0. The average Bonchev–Trinajstić information content (AvgIpc) is 3.10. The van der Waals surface area contributed by atoms with Crippen LogP contribution in [-0.2, 0) is 6.54 Å². The number of hydrogen-bond acceptors (Lipinski definition) is 4. The van der Waals surface area contributed by atoms with Crippen LogP contribution in [0.1, 0.15) is 4.88 Å². The Hall–Kier alpha value is -0.430. The van der Waals surface area contributed by atoms with Crippen molar-refractivity contribution in [2.45, 2.75) is 12.6 Å². The molecule has 3 nitrogen and oxygen atoms in total. The normalized spacial score (nSPS) is 20.8. The van der Waals surface area contributed by atoms with E-state index in [0.717, 1.165) is 30.7 Å². The molecule has 0 spiro atoms. The van der Waals surface area contributed by atoms with Gasteiger partial charge in [0, 0.05) is 51.9 Å². The third-order valence-corrected chi connectivity index (χ3v) is 5.62. The summed E-state index contributed by atoms with van der Waals surface area (Å²) >= 11 is 5.42. The molecule has 1 fully saturated rings. The van der Waals surface area contributed by atoms with Gasteiger partial charge in [-0.3, -0.25) is 0 Å². The second kappa shape index (κ2) is 8.43. The molecule has 0 aliphatic carbocycles. The maximum atomic E-state index is 9.76. The summed E-state index contributed by atoms with van der Waals surface area (Å²) in [5.74, 6) is 0.327. The van der Waals surface area contributed by atoms with E-state index in [1.165, 1.54) is 15.3 Å². The maximum Gasteiger partial charge on any atom is 0.0716 e. The van der Waals surface area contributed by atoms with Crippen molar-refractivity contribution >= 4 is 39.7 Å². The van der Waals surface area contributed by atoms with Gasteiger partial charge in [0.1, 0.15) is 0 Å². The van der Waals surface area contributed by atoms with Gasteiger partial charge in [-0.25, -0.2) is 0 Å². The van der Waals surface area contributed by atoms with E-state index in [9.17, 15) is 5.11 Å². The summed E-state index contributed by atoms with van der Waals surface area (Å²) in [5.41, 5.74) is 1.24. The van der Waals surface area contributed by atoms with Crippen molar-refractivity contribution < 1.29 is 5.11 Å². The fourth-order valence-corrected chi connectivity index (χ4v) is 4.23. The van der Waals surface area contributed by atoms with Crippen LogP contribution in [0.2, 0.25) is 0 Å². The van der Waals surface area contributed by atoms with E-state index in [4.69, 9.17) is 0 Å². The molecule has 2 aromatic rings. The van der Waals surface area contributed by atoms with E-state index >= 15 is 0 Å². The molecule has 0 radical (unpaired) electrons. The first kappa shape index (κ1) is 17.9. The molecule has 1 aliphatic heterocycles. The number of nitrogens with one attached hydrogen (secondary N) is 2. The Balaban J connectivity index is 0.00000176. The highest BCUT2D eigenvalue weighted by Crippen LogP contribution is 2.33. The molecule has 1 aliphatic rings. The molecule has 3 N–H and O–H groups in total. The number of thiophene rings is 1. The Morgan fingerprint density at radius 2 is 2.05 bits per heavy atom. The van der Waals surface area contributed by atoms with Crippen LogP contribution in [0.4, 0.5) is 0 Å². The minimum atomic E-state index is -0.211. The molecular formula is C16H20BrClN2OS. The van der Waals surface area contributed by atoms with Crippen LogP contribution in [-0.4, -0.2) is 30.8 Å². The van der Waals surface area contributed by atoms with Crippen molar-refractivity contribution in [3.8, 4) is 10.4 Å². The van der Waals surface area contributed by atoms with Crippen molar-refractivity contribution in [2.24, 2.45) is 5.92 Å². The minimum Gasteiger partial charge on any atom is -0.391 e. The van der Waals surface area contributed by atoms with Crippen LogP contribution in [0.5, 0.6) is 0 Å². The van der Waals surface area contributed by atoms with Gasteiger partial charge in [0.15, 0.2) is 0 Å². The molecule has 1 saturated heterocycles. The number of halogens is 2.